The van der Waals surface area contributed by atoms with Crippen molar-refractivity contribution in [3.8, 4) is 15.5 Å². The van der Waals surface area contributed by atoms with Crippen LogP contribution in [0, 0.1) is 0 Å². The van der Waals surface area contributed by atoms with Crippen LogP contribution in [0.1, 0.15) is 26.8 Å². The summed E-state index contributed by atoms with van der Waals surface area (Å²) in [6.07, 6.45) is 0. The number of thiophene rings is 4. The molecule has 2 N–H and O–H groups in total. The minimum absolute atomic E-state index is 0. The number of hydrogen-bond acceptors (Lipinski definition) is 8. The molecule has 0 aliphatic heterocycles. The van der Waals surface area contributed by atoms with Crippen molar-refractivity contribution in [1.82, 2.24) is 0 Å². The van der Waals surface area contributed by atoms with Crippen LogP contribution in [0.25, 0.3) is 30.1 Å². The zero-order valence-corrected chi connectivity index (χ0v) is 18.2. The minimum atomic E-state index is -0.869. The van der Waals surface area contributed by atoms with E-state index in [4.69, 9.17) is 4.42 Å². The van der Waals surface area contributed by atoms with E-state index in [1.54, 1.807) is 42.6 Å². The van der Waals surface area contributed by atoms with Gasteiger partial charge < -0.3 is 14.6 Å². The van der Waals surface area contributed by atoms with Crippen LogP contribution in [0.15, 0.2) is 55.0 Å². The quantitative estimate of drug-likeness (QED) is 0.292. The molecule has 29 heavy (non-hydrogen) atoms. The average molecular weight is 465 g/mol. The summed E-state index contributed by atoms with van der Waals surface area (Å²) in [6.45, 7) is 3.51. The summed E-state index contributed by atoms with van der Waals surface area (Å²) in [7, 11) is 0. The number of fused-ring (bicyclic) bond motifs is 3. The van der Waals surface area contributed by atoms with Crippen LogP contribution in [-0.4, -0.2) is 10.2 Å². The molecule has 0 fully saturated rings. The Bertz CT molecular complexity index is 1290. The third kappa shape index (κ3) is 4.17. The Labute approximate surface area is 183 Å². The topological polar surface area (TPSA) is 70.7 Å². The van der Waals surface area contributed by atoms with Crippen molar-refractivity contribution in [2.45, 2.75) is 26.9 Å². The van der Waals surface area contributed by atoms with Crippen LogP contribution in [-0.2, 0) is 5.60 Å². The second-order valence-electron chi connectivity index (χ2n) is 6.52. The summed E-state index contributed by atoms with van der Waals surface area (Å²) in [5.41, 5.74) is 0.462. The maximum absolute atomic E-state index is 11.4. The Hall–Kier alpha value is -1.97. The molecule has 4 nitrogen and oxygen atoms in total. The number of aromatic hydroxyl groups is 1. The zero-order chi connectivity index (χ0) is 19.9. The summed E-state index contributed by atoms with van der Waals surface area (Å²) in [4.78, 5) is 13.2. The van der Waals surface area contributed by atoms with E-state index in [1.165, 1.54) is 22.7 Å². The fourth-order valence-electron chi connectivity index (χ4n) is 2.78. The van der Waals surface area contributed by atoms with Crippen LogP contribution in [0.2, 0.25) is 0 Å². The maximum Gasteiger partial charge on any atom is 0.345 e. The molecule has 0 amide bonds. The van der Waals surface area contributed by atoms with Crippen molar-refractivity contribution in [2.24, 2.45) is 0 Å². The van der Waals surface area contributed by atoms with Gasteiger partial charge in [-0.1, -0.05) is 7.43 Å². The van der Waals surface area contributed by atoms with Crippen molar-refractivity contribution in [1.29, 1.82) is 0 Å². The molecule has 152 valence electrons. The molecule has 0 aromatic carbocycles. The van der Waals surface area contributed by atoms with Crippen molar-refractivity contribution in [2.75, 3.05) is 0 Å². The number of hydrogen-bond donors (Lipinski definition) is 2. The SMILES string of the molecule is C.CC(C)(O)c1ccsc1-c1sccc1O.O=c1oc2ccsc2c2sccc12. The Morgan fingerprint density at radius 3 is 2.17 bits per heavy atom. The second-order valence-corrected chi connectivity index (χ2v) is 10.2. The van der Waals surface area contributed by atoms with Gasteiger partial charge in [0.2, 0.25) is 0 Å². The first-order valence-corrected chi connectivity index (χ1v) is 11.8. The summed E-state index contributed by atoms with van der Waals surface area (Å²) >= 11 is 6.22. The van der Waals surface area contributed by atoms with Crippen molar-refractivity contribution in [3.05, 3.63) is 61.8 Å². The first kappa shape index (κ1) is 21.7. The van der Waals surface area contributed by atoms with Crippen LogP contribution >= 0.6 is 45.3 Å². The molecule has 5 aromatic heterocycles. The molecule has 0 atom stereocenters. The van der Waals surface area contributed by atoms with Crippen molar-refractivity contribution >= 4 is 65.7 Å². The van der Waals surface area contributed by atoms with Gasteiger partial charge in [-0.05, 0) is 59.6 Å². The lowest BCUT2D eigenvalue weighted by molar-refractivity contribution is 0.0796. The minimum Gasteiger partial charge on any atom is -0.506 e. The van der Waals surface area contributed by atoms with E-state index in [9.17, 15) is 15.0 Å². The lowest BCUT2D eigenvalue weighted by Crippen LogP contribution is -2.15. The van der Waals surface area contributed by atoms with E-state index < -0.39 is 5.60 Å². The number of rotatable bonds is 2. The highest BCUT2D eigenvalue weighted by Crippen LogP contribution is 2.43. The van der Waals surface area contributed by atoms with Gasteiger partial charge in [-0.15, -0.1) is 45.3 Å². The highest BCUT2D eigenvalue weighted by Gasteiger charge is 2.23. The van der Waals surface area contributed by atoms with Gasteiger partial charge in [-0.2, -0.15) is 0 Å². The Balaban J connectivity index is 0.000000161. The molecule has 5 aromatic rings. The van der Waals surface area contributed by atoms with Gasteiger partial charge in [-0.3, -0.25) is 0 Å². The fraction of sp³-hybridized carbons (Fsp3) is 0.190. The molecule has 0 spiro atoms. The van der Waals surface area contributed by atoms with Crippen molar-refractivity contribution in [3.63, 3.8) is 0 Å². The highest BCUT2D eigenvalue weighted by molar-refractivity contribution is 7.25. The van der Waals surface area contributed by atoms with Crippen LogP contribution in [0.5, 0.6) is 5.75 Å². The van der Waals surface area contributed by atoms with Gasteiger partial charge in [-0.25, -0.2) is 4.79 Å². The zero-order valence-electron chi connectivity index (χ0n) is 15.0. The molecule has 0 unspecified atom stereocenters. The standard InChI is InChI=1S/C11H12O2S2.C9H4O2S2.CH4/c1-11(2,13)7-3-5-14-9(7)10-8(12)4-6-15-10;10-9-5-1-3-12-7(5)8-6(11-9)2-4-13-8;/h3-6,12-13H,1-2H3;1-4H;1H4. The Kier molecular flexibility index (Phi) is 6.30. The van der Waals surface area contributed by atoms with Crippen LogP contribution in [0.3, 0.4) is 0 Å². The molecule has 0 saturated heterocycles. The summed E-state index contributed by atoms with van der Waals surface area (Å²) in [5, 5.41) is 28.0. The largest absolute Gasteiger partial charge is 0.506 e. The third-order valence-electron chi connectivity index (χ3n) is 4.10. The first-order chi connectivity index (χ1) is 13.4. The average Bonchev–Trinajstić information content (AvgIpc) is 3.40. The predicted octanol–water partition coefficient (Wildman–Crippen LogP) is 7.11. The first-order valence-electron chi connectivity index (χ1n) is 8.31. The summed E-state index contributed by atoms with van der Waals surface area (Å²) in [6, 6.07) is 7.22. The van der Waals surface area contributed by atoms with Crippen molar-refractivity contribution < 1.29 is 14.6 Å². The molecule has 0 aliphatic carbocycles. The monoisotopic (exact) mass is 464 g/mol. The van der Waals surface area contributed by atoms with E-state index in [-0.39, 0.29) is 18.8 Å². The maximum atomic E-state index is 11.4. The lowest BCUT2D eigenvalue weighted by Gasteiger charge is -2.17. The predicted molar refractivity (Wildman–Crippen MR) is 127 cm³/mol. The van der Waals surface area contributed by atoms with E-state index >= 15 is 0 Å². The molecule has 0 aliphatic rings. The van der Waals surface area contributed by atoms with Gasteiger partial charge in [0.1, 0.15) is 5.75 Å². The van der Waals surface area contributed by atoms with Gasteiger partial charge in [0.05, 0.1) is 30.1 Å². The van der Waals surface area contributed by atoms with E-state index in [0.29, 0.717) is 11.0 Å². The van der Waals surface area contributed by atoms with Gasteiger partial charge in [0.25, 0.3) is 0 Å². The molecule has 0 saturated carbocycles. The highest BCUT2D eigenvalue weighted by atomic mass is 32.1. The summed E-state index contributed by atoms with van der Waals surface area (Å²) < 4.78 is 7.25. The van der Waals surface area contributed by atoms with Gasteiger partial charge in [0, 0.05) is 5.56 Å². The fourth-order valence-corrected chi connectivity index (χ4v) is 6.69. The molecular formula is C21H20O4S4. The molecule has 0 bridgehead atoms. The Morgan fingerprint density at radius 1 is 0.862 bits per heavy atom. The second kappa shape index (κ2) is 8.41. The summed E-state index contributed by atoms with van der Waals surface area (Å²) in [5.74, 6) is 0.285. The van der Waals surface area contributed by atoms with Crippen LogP contribution in [0.4, 0.5) is 0 Å². The molecule has 5 rings (SSSR count). The van der Waals surface area contributed by atoms with E-state index in [2.05, 4.69) is 0 Å². The van der Waals surface area contributed by atoms with E-state index in [0.717, 1.165) is 24.7 Å². The number of aliphatic hydroxyl groups is 1. The third-order valence-corrected chi connectivity index (χ3v) is 8.05. The Morgan fingerprint density at radius 2 is 1.48 bits per heavy atom. The molecule has 0 radical (unpaired) electrons. The van der Waals surface area contributed by atoms with E-state index in [1.807, 2.05) is 39.7 Å². The lowest BCUT2D eigenvalue weighted by atomic mass is 9.99. The van der Waals surface area contributed by atoms with Crippen LogP contribution < -0.4 is 5.63 Å². The smallest absolute Gasteiger partial charge is 0.345 e. The van der Waals surface area contributed by atoms with Gasteiger partial charge >= 0.3 is 5.63 Å². The van der Waals surface area contributed by atoms with Gasteiger partial charge in [0.15, 0.2) is 5.58 Å². The molecule has 5 heterocycles. The normalized spacial score (nSPS) is 11.3. The molecular weight excluding hydrogens is 444 g/mol. The molecule has 8 heteroatoms.